The molecule has 1 aliphatic rings. The van der Waals surface area contributed by atoms with Crippen LogP contribution in [0.3, 0.4) is 0 Å². The van der Waals surface area contributed by atoms with Crippen LogP contribution < -0.4 is 10.1 Å². The number of hydrogen-bond acceptors (Lipinski definition) is 6. The van der Waals surface area contributed by atoms with Crippen molar-refractivity contribution in [1.82, 2.24) is 14.1 Å². The molecule has 10 heteroatoms. The maximum atomic E-state index is 13.1. The van der Waals surface area contributed by atoms with Crippen molar-refractivity contribution in [3.05, 3.63) is 35.2 Å². The number of aromatic nitrogens is 2. The number of aryl methyl sites for hydroxylation is 1. The van der Waals surface area contributed by atoms with Gasteiger partial charge in [-0.05, 0) is 56.9 Å². The lowest BCUT2D eigenvalue weighted by molar-refractivity contribution is -0.116. The van der Waals surface area contributed by atoms with Crippen molar-refractivity contribution in [3.63, 3.8) is 0 Å². The topological polar surface area (TPSA) is 103 Å². The van der Waals surface area contributed by atoms with Crippen molar-refractivity contribution in [2.24, 2.45) is 5.92 Å². The minimum absolute atomic E-state index is 0.120. The predicted octanol–water partition coefficient (Wildman–Crippen LogP) is 3.15. The minimum Gasteiger partial charge on any atom is -0.492 e. The average molecular weight is 493 g/mol. The highest BCUT2D eigenvalue weighted by atomic mass is 32.2. The number of nitrogens with one attached hydrogen (secondary N) is 1. The van der Waals surface area contributed by atoms with Gasteiger partial charge in [0.15, 0.2) is 0 Å². The van der Waals surface area contributed by atoms with E-state index in [1.54, 1.807) is 6.07 Å². The van der Waals surface area contributed by atoms with Crippen LogP contribution in [-0.2, 0) is 32.5 Å². The van der Waals surface area contributed by atoms with Crippen LogP contribution in [0, 0.1) is 19.8 Å². The van der Waals surface area contributed by atoms with Gasteiger partial charge in [0.2, 0.25) is 15.9 Å². The van der Waals surface area contributed by atoms with Gasteiger partial charge >= 0.3 is 0 Å². The molecule has 188 valence electrons. The third-order valence-corrected chi connectivity index (χ3v) is 7.70. The zero-order chi connectivity index (χ0) is 24.9. The number of ether oxygens (including phenoxy) is 2. The fourth-order valence-corrected chi connectivity index (χ4v) is 5.49. The molecule has 1 fully saturated rings. The highest BCUT2D eigenvalue weighted by Crippen LogP contribution is 2.30. The van der Waals surface area contributed by atoms with Crippen molar-refractivity contribution in [2.45, 2.75) is 58.9 Å². The molecule has 0 aliphatic carbocycles. The van der Waals surface area contributed by atoms with Crippen molar-refractivity contribution < 1.29 is 22.7 Å². The molecule has 34 heavy (non-hydrogen) atoms. The fraction of sp³-hybridized carbons (Fsp3) is 0.583. The third kappa shape index (κ3) is 6.17. The maximum Gasteiger partial charge on any atom is 0.243 e. The van der Waals surface area contributed by atoms with Crippen LogP contribution in [0.2, 0.25) is 0 Å². The number of benzene rings is 1. The van der Waals surface area contributed by atoms with Gasteiger partial charge in [0.1, 0.15) is 5.75 Å². The van der Waals surface area contributed by atoms with Gasteiger partial charge < -0.3 is 14.8 Å². The summed E-state index contributed by atoms with van der Waals surface area (Å²) in [4.78, 5) is 13.0. The van der Waals surface area contributed by atoms with Crippen LogP contribution in [0.4, 0.5) is 5.69 Å². The van der Waals surface area contributed by atoms with Gasteiger partial charge in [-0.2, -0.15) is 9.40 Å². The van der Waals surface area contributed by atoms with Gasteiger partial charge in [0.25, 0.3) is 0 Å². The first kappa shape index (κ1) is 26.2. The van der Waals surface area contributed by atoms with Gasteiger partial charge in [-0.25, -0.2) is 8.42 Å². The quantitative estimate of drug-likeness (QED) is 0.547. The van der Waals surface area contributed by atoms with E-state index in [2.05, 4.69) is 24.3 Å². The van der Waals surface area contributed by atoms with Crippen LogP contribution in [-0.4, -0.2) is 61.3 Å². The zero-order valence-corrected chi connectivity index (χ0v) is 21.6. The lowest BCUT2D eigenvalue weighted by atomic mass is 10.1. The van der Waals surface area contributed by atoms with Gasteiger partial charge in [-0.15, -0.1) is 0 Å². The number of carbonyl (C=O) groups is 1. The molecule has 0 radical (unpaired) electrons. The Labute approximate surface area is 202 Å². The summed E-state index contributed by atoms with van der Waals surface area (Å²) in [5, 5.41) is 7.48. The molecule has 0 saturated carbocycles. The highest BCUT2D eigenvalue weighted by molar-refractivity contribution is 7.89. The van der Waals surface area contributed by atoms with Crippen LogP contribution in [0.25, 0.3) is 0 Å². The SMILES string of the molecule is CCOc1ccc(S(=O)(=O)N2CCOCC2)cc1NC(=O)CCc1c(C)nn(CC(C)C)c1C. The molecule has 1 N–H and O–H groups in total. The summed E-state index contributed by atoms with van der Waals surface area (Å²) in [7, 11) is -3.69. The zero-order valence-electron chi connectivity index (χ0n) is 20.8. The number of morpholine rings is 1. The molecule has 0 spiro atoms. The lowest BCUT2D eigenvalue weighted by Crippen LogP contribution is -2.40. The smallest absolute Gasteiger partial charge is 0.243 e. The first-order chi connectivity index (χ1) is 16.1. The van der Waals surface area contributed by atoms with Crippen molar-refractivity contribution in [1.29, 1.82) is 0 Å². The molecule has 0 bridgehead atoms. The highest BCUT2D eigenvalue weighted by Gasteiger charge is 2.27. The molecule has 1 aromatic heterocycles. The minimum atomic E-state index is -3.69. The van der Waals surface area contributed by atoms with Crippen molar-refractivity contribution in [2.75, 3.05) is 38.2 Å². The number of anilines is 1. The summed E-state index contributed by atoms with van der Waals surface area (Å²) < 4.78 is 40.4. The third-order valence-electron chi connectivity index (χ3n) is 5.80. The van der Waals surface area contributed by atoms with E-state index in [-0.39, 0.29) is 17.2 Å². The van der Waals surface area contributed by atoms with Gasteiger partial charge in [0, 0.05) is 31.7 Å². The second-order valence-electron chi connectivity index (χ2n) is 8.88. The summed E-state index contributed by atoms with van der Waals surface area (Å²) in [5.41, 5.74) is 3.43. The van der Waals surface area contributed by atoms with E-state index >= 15 is 0 Å². The van der Waals surface area contributed by atoms with Crippen LogP contribution in [0.15, 0.2) is 23.1 Å². The lowest BCUT2D eigenvalue weighted by Gasteiger charge is -2.26. The number of amides is 1. The number of nitrogens with zero attached hydrogens (tertiary/aromatic N) is 3. The molecule has 3 rings (SSSR count). The number of carbonyl (C=O) groups excluding carboxylic acids is 1. The van der Waals surface area contributed by atoms with Gasteiger partial charge in [0.05, 0.1) is 36.1 Å². The van der Waals surface area contributed by atoms with Crippen molar-refractivity contribution >= 4 is 21.6 Å². The van der Waals surface area contributed by atoms with E-state index in [9.17, 15) is 13.2 Å². The summed E-state index contributed by atoms with van der Waals surface area (Å²) >= 11 is 0. The molecule has 0 atom stereocenters. The normalized spacial score (nSPS) is 15.0. The molecule has 1 aliphatic heterocycles. The summed E-state index contributed by atoms with van der Waals surface area (Å²) in [6.45, 7) is 12.7. The number of sulfonamides is 1. The Hall–Kier alpha value is -2.43. The number of rotatable bonds is 10. The van der Waals surface area contributed by atoms with E-state index in [1.165, 1.54) is 16.4 Å². The first-order valence-electron chi connectivity index (χ1n) is 11.8. The Balaban J connectivity index is 1.75. The molecule has 2 heterocycles. The predicted molar refractivity (Wildman–Crippen MR) is 131 cm³/mol. The van der Waals surface area contributed by atoms with Crippen LogP contribution >= 0.6 is 0 Å². The van der Waals surface area contributed by atoms with E-state index in [0.29, 0.717) is 56.7 Å². The van der Waals surface area contributed by atoms with E-state index in [1.807, 2.05) is 25.5 Å². The molecule has 0 unspecified atom stereocenters. The average Bonchev–Trinajstić information content (AvgIpc) is 3.05. The molecule has 2 aromatic rings. The Morgan fingerprint density at radius 1 is 1.24 bits per heavy atom. The van der Waals surface area contributed by atoms with Crippen LogP contribution in [0.1, 0.15) is 44.1 Å². The monoisotopic (exact) mass is 492 g/mol. The summed E-state index contributed by atoms with van der Waals surface area (Å²) in [6, 6.07) is 4.59. The molecule has 1 amide bonds. The molecule has 1 aromatic carbocycles. The Morgan fingerprint density at radius 2 is 1.94 bits per heavy atom. The molecule has 1 saturated heterocycles. The van der Waals surface area contributed by atoms with Gasteiger partial charge in [-0.1, -0.05) is 13.8 Å². The standard InChI is InChI=1S/C24H36N4O5S/c1-6-33-23-9-7-20(34(30,31)27-11-13-32-14-12-27)15-22(23)25-24(29)10-8-21-18(4)26-28(19(21)5)16-17(2)3/h7,9,15,17H,6,8,10-14,16H2,1-5H3,(H,25,29). The first-order valence-corrected chi connectivity index (χ1v) is 13.2. The molecular formula is C24H36N4O5S. The Kier molecular flexibility index (Phi) is 8.72. The fourth-order valence-electron chi connectivity index (χ4n) is 4.06. The number of hydrogen-bond donors (Lipinski definition) is 1. The Morgan fingerprint density at radius 3 is 2.59 bits per heavy atom. The second kappa shape index (κ2) is 11.3. The van der Waals surface area contributed by atoms with E-state index in [4.69, 9.17) is 9.47 Å². The Bertz CT molecular complexity index is 1100. The molecule has 9 nitrogen and oxygen atoms in total. The van der Waals surface area contributed by atoms with Gasteiger partial charge in [-0.3, -0.25) is 9.48 Å². The van der Waals surface area contributed by atoms with E-state index in [0.717, 1.165) is 23.5 Å². The maximum absolute atomic E-state index is 13.1. The summed E-state index contributed by atoms with van der Waals surface area (Å²) in [6.07, 6.45) is 0.804. The van der Waals surface area contributed by atoms with E-state index < -0.39 is 10.0 Å². The second-order valence-corrected chi connectivity index (χ2v) is 10.8. The van der Waals surface area contributed by atoms with Crippen LogP contribution in [0.5, 0.6) is 5.75 Å². The van der Waals surface area contributed by atoms with Crippen molar-refractivity contribution in [3.8, 4) is 5.75 Å². The largest absolute Gasteiger partial charge is 0.492 e. The molecular weight excluding hydrogens is 456 g/mol. The summed E-state index contributed by atoms with van der Waals surface area (Å²) in [5.74, 6) is 0.707.